The minimum absolute atomic E-state index is 0.115. The Hall–Kier alpha value is 0.0969. The first-order valence-corrected chi connectivity index (χ1v) is 15.7. The van der Waals surface area contributed by atoms with Crippen LogP contribution >= 0.6 is 0 Å². The number of hydrogen-bond acceptors (Lipinski definition) is 3. The van der Waals surface area contributed by atoms with E-state index in [2.05, 4.69) is 47.7 Å². The summed E-state index contributed by atoms with van der Waals surface area (Å²) in [6, 6.07) is 0. The monoisotopic (exact) mass is 440 g/mol. The minimum Gasteiger partial charge on any atom is -0.396 e. The highest BCUT2D eigenvalue weighted by atomic mass is 28.3. The fraction of sp³-hybridized carbons (Fsp3) is 1.00. The van der Waals surface area contributed by atoms with Crippen molar-refractivity contribution in [3.05, 3.63) is 0 Å². The van der Waals surface area contributed by atoms with Gasteiger partial charge in [0.05, 0.1) is 19.8 Å². The van der Waals surface area contributed by atoms with Crippen LogP contribution in [0.2, 0.25) is 18.1 Å². The summed E-state index contributed by atoms with van der Waals surface area (Å²) in [5, 5.41) is 20.8. The van der Waals surface area contributed by atoms with Crippen LogP contribution in [-0.2, 0) is 4.74 Å². The maximum atomic E-state index is 10.5. The second-order valence-electron chi connectivity index (χ2n) is 13.2. The van der Waals surface area contributed by atoms with Gasteiger partial charge in [0.2, 0.25) is 0 Å². The van der Waals surface area contributed by atoms with E-state index >= 15 is 0 Å². The van der Waals surface area contributed by atoms with Crippen LogP contribution < -0.4 is 0 Å². The van der Waals surface area contributed by atoms with Crippen molar-refractivity contribution in [1.29, 1.82) is 0 Å². The molecule has 0 aliphatic heterocycles. The molecule has 2 aliphatic rings. The van der Waals surface area contributed by atoms with Crippen molar-refractivity contribution < 1.29 is 14.9 Å². The molecule has 0 aromatic carbocycles. The lowest BCUT2D eigenvalue weighted by atomic mass is 9.63. The molecule has 0 heterocycles. The van der Waals surface area contributed by atoms with E-state index in [4.69, 9.17) is 4.74 Å². The van der Waals surface area contributed by atoms with E-state index in [1.165, 1.54) is 38.5 Å². The SMILES string of the molecule is CC(CO)C(OC(CCC(C)(C)O)[Si](C)(C)C(C)(C)C)C1CCC2CCCCC21C. The van der Waals surface area contributed by atoms with E-state index in [1.807, 2.05) is 13.8 Å². The van der Waals surface area contributed by atoms with Gasteiger partial charge < -0.3 is 14.9 Å². The van der Waals surface area contributed by atoms with Gasteiger partial charge >= 0.3 is 0 Å². The third-order valence-corrected chi connectivity index (χ3v) is 15.3. The highest BCUT2D eigenvalue weighted by molar-refractivity contribution is 6.81. The molecule has 30 heavy (non-hydrogen) atoms. The van der Waals surface area contributed by atoms with Crippen LogP contribution in [0.4, 0.5) is 0 Å². The van der Waals surface area contributed by atoms with E-state index in [9.17, 15) is 10.2 Å². The normalized spacial score (nSPS) is 31.3. The molecule has 2 aliphatic carbocycles. The van der Waals surface area contributed by atoms with Crippen LogP contribution in [0.25, 0.3) is 0 Å². The highest BCUT2D eigenvalue weighted by Gasteiger charge is 2.53. The predicted molar refractivity (Wildman–Crippen MR) is 130 cm³/mol. The molecule has 0 bridgehead atoms. The largest absolute Gasteiger partial charge is 0.396 e. The van der Waals surface area contributed by atoms with Crippen molar-refractivity contribution in [3.63, 3.8) is 0 Å². The Bertz CT molecular complexity index is 547. The Balaban J connectivity index is 2.34. The van der Waals surface area contributed by atoms with Gasteiger partial charge in [-0.15, -0.1) is 0 Å². The molecule has 6 atom stereocenters. The van der Waals surface area contributed by atoms with Crippen molar-refractivity contribution in [1.82, 2.24) is 0 Å². The van der Waals surface area contributed by atoms with Crippen LogP contribution in [0.15, 0.2) is 0 Å². The van der Waals surface area contributed by atoms with Crippen LogP contribution in [0, 0.1) is 23.2 Å². The van der Waals surface area contributed by atoms with Crippen molar-refractivity contribution in [2.24, 2.45) is 23.2 Å². The second-order valence-corrected chi connectivity index (χ2v) is 18.8. The summed E-state index contributed by atoms with van der Waals surface area (Å²) in [6.07, 6.45) is 9.76. The average molecular weight is 441 g/mol. The lowest BCUT2D eigenvalue weighted by Crippen LogP contribution is -2.55. The Morgan fingerprint density at radius 1 is 1.07 bits per heavy atom. The molecule has 3 nitrogen and oxygen atoms in total. The predicted octanol–water partition coefficient (Wildman–Crippen LogP) is 6.57. The van der Waals surface area contributed by atoms with Gasteiger partial charge in [0, 0.05) is 18.3 Å². The van der Waals surface area contributed by atoms with Crippen LogP contribution in [0.1, 0.15) is 99.8 Å². The van der Waals surface area contributed by atoms with Crippen molar-refractivity contribution in [2.45, 2.75) is 135 Å². The smallest absolute Gasteiger partial charge is 0.0868 e. The van der Waals surface area contributed by atoms with Gasteiger partial charge in [-0.2, -0.15) is 0 Å². The minimum atomic E-state index is -1.79. The van der Waals surface area contributed by atoms with Gasteiger partial charge in [-0.25, -0.2) is 0 Å². The van der Waals surface area contributed by atoms with Gasteiger partial charge in [0.15, 0.2) is 0 Å². The van der Waals surface area contributed by atoms with Crippen molar-refractivity contribution in [2.75, 3.05) is 6.61 Å². The summed E-state index contributed by atoms with van der Waals surface area (Å²) in [4.78, 5) is 0. The van der Waals surface area contributed by atoms with Crippen molar-refractivity contribution >= 4 is 8.07 Å². The lowest BCUT2D eigenvalue weighted by Gasteiger charge is -2.49. The van der Waals surface area contributed by atoms with Gasteiger partial charge in [0.1, 0.15) is 0 Å². The summed E-state index contributed by atoms with van der Waals surface area (Å²) >= 11 is 0. The van der Waals surface area contributed by atoms with Crippen LogP contribution in [-0.4, -0.2) is 42.3 Å². The maximum Gasteiger partial charge on any atom is 0.0868 e. The fourth-order valence-corrected chi connectivity index (χ4v) is 8.46. The molecule has 2 N–H and O–H groups in total. The zero-order chi connectivity index (χ0) is 23.0. The quantitative estimate of drug-likeness (QED) is 0.398. The average Bonchev–Trinajstić information content (AvgIpc) is 2.96. The first kappa shape index (κ1) is 26.4. The third-order valence-electron chi connectivity index (χ3n) is 9.45. The first-order valence-electron chi connectivity index (χ1n) is 12.6. The number of aliphatic hydroxyl groups excluding tert-OH is 1. The molecule has 2 saturated carbocycles. The molecule has 178 valence electrons. The van der Waals surface area contributed by atoms with E-state index in [-0.39, 0.29) is 29.4 Å². The first-order chi connectivity index (χ1) is 13.6. The zero-order valence-corrected chi connectivity index (χ0v) is 22.6. The molecule has 2 rings (SSSR count). The number of rotatable bonds is 9. The van der Waals surface area contributed by atoms with Gasteiger partial charge in [-0.1, -0.05) is 60.6 Å². The zero-order valence-electron chi connectivity index (χ0n) is 21.6. The van der Waals surface area contributed by atoms with E-state index < -0.39 is 13.7 Å². The Morgan fingerprint density at radius 3 is 2.23 bits per heavy atom. The summed E-state index contributed by atoms with van der Waals surface area (Å²) < 4.78 is 7.18. The molecule has 2 fully saturated rings. The Labute approximate surface area is 188 Å². The third kappa shape index (κ3) is 5.71. The van der Waals surface area contributed by atoms with Crippen LogP contribution in [0.5, 0.6) is 0 Å². The number of ether oxygens (including phenoxy) is 1. The molecular formula is C26H52O3Si. The molecule has 0 amide bonds. The molecule has 0 aromatic rings. The summed E-state index contributed by atoms with van der Waals surface area (Å²) in [5.41, 5.74) is -0.120. The maximum absolute atomic E-state index is 10.5. The van der Waals surface area contributed by atoms with Crippen LogP contribution in [0.3, 0.4) is 0 Å². The Kier molecular flexibility index (Phi) is 8.37. The molecule has 4 heteroatoms. The number of fused-ring (bicyclic) bond motifs is 1. The summed E-state index contributed by atoms with van der Waals surface area (Å²) in [5.74, 6) is 1.53. The summed E-state index contributed by atoms with van der Waals surface area (Å²) in [7, 11) is -1.79. The van der Waals surface area contributed by atoms with E-state index in [0.29, 0.717) is 11.3 Å². The summed E-state index contributed by atoms with van der Waals surface area (Å²) in [6.45, 7) is 20.7. The van der Waals surface area contributed by atoms with E-state index in [1.54, 1.807) is 0 Å². The second kappa shape index (κ2) is 9.53. The topological polar surface area (TPSA) is 49.7 Å². The molecule has 6 unspecified atom stereocenters. The molecule has 0 spiro atoms. The highest BCUT2D eigenvalue weighted by Crippen LogP contribution is 2.58. The number of aliphatic hydroxyl groups is 2. The molecular weight excluding hydrogens is 388 g/mol. The molecule has 0 saturated heterocycles. The van der Waals surface area contributed by atoms with Gasteiger partial charge in [-0.3, -0.25) is 0 Å². The Morgan fingerprint density at radius 2 is 1.70 bits per heavy atom. The van der Waals surface area contributed by atoms with E-state index in [0.717, 1.165) is 18.8 Å². The van der Waals surface area contributed by atoms with Gasteiger partial charge in [0.25, 0.3) is 0 Å². The molecule has 0 aromatic heterocycles. The molecule has 0 radical (unpaired) electrons. The standard InChI is InChI=1S/C26H52O3Si/c1-19(18-27)23(21-14-13-20-12-10-11-16-26(20,21)7)29-22(15-17-25(5,6)28)30(8,9)24(2,3)4/h19-23,27-28H,10-18H2,1-9H3. The number of hydrogen-bond donors (Lipinski definition) is 2. The van der Waals surface area contributed by atoms with Crippen molar-refractivity contribution in [3.8, 4) is 0 Å². The lowest BCUT2D eigenvalue weighted by molar-refractivity contribution is -0.0968. The fourth-order valence-electron chi connectivity index (χ4n) is 6.13. The van der Waals surface area contributed by atoms with Gasteiger partial charge in [-0.05, 0) is 74.7 Å².